The van der Waals surface area contributed by atoms with Gasteiger partial charge in [-0.3, -0.25) is 4.79 Å². The van der Waals surface area contributed by atoms with E-state index >= 15 is 0 Å². The molecule has 4 heteroatoms. The second-order valence-corrected chi connectivity index (χ2v) is 3.68. The number of esters is 1. The van der Waals surface area contributed by atoms with Crippen molar-refractivity contribution in [3.05, 3.63) is 54.4 Å². The smallest absolute Gasteiger partial charge is 0.371 e. The molecule has 0 N–H and O–H groups in total. The molecule has 0 saturated carbocycles. The highest BCUT2D eigenvalue weighted by Gasteiger charge is 2.09. The molecule has 0 aliphatic rings. The van der Waals surface area contributed by atoms with Crippen LogP contribution in [-0.4, -0.2) is 12.3 Å². The highest BCUT2D eigenvalue weighted by Crippen LogP contribution is 2.22. The first-order valence-corrected chi connectivity index (χ1v) is 5.16. The number of rotatable bonds is 3. The molecule has 2 aromatic carbocycles. The Morgan fingerprint density at radius 3 is 2.50 bits per heavy atom. The van der Waals surface area contributed by atoms with Crippen molar-refractivity contribution < 1.29 is 18.7 Å². The van der Waals surface area contributed by atoms with E-state index in [0.717, 1.165) is 17.1 Å². The third-order valence-electron chi connectivity index (χ3n) is 2.40. The van der Waals surface area contributed by atoms with E-state index in [4.69, 9.17) is 4.74 Å². The van der Waals surface area contributed by atoms with Gasteiger partial charge in [-0.1, -0.05) is 24.8 Å². The third kappa shape index (κ3) is 2.43. The van der Waals surface area contributed by atoms with Gasteiger partial charge in [0.1, 0.15) is 12.0 Å². The Morgan fingerprint density at radius 2 is 1.83 bits per heavy atom. The van der Waals surface area contributed by atoms with E-state index in [1.807, 2.05) is 0 Å². The van der Waals surface area contributed by atoms with Crippen LogP contribution in [0.2, 0.25) is 0 Å². The summed E-state index contributed by atoms with van der Waals surface area (Å²) in [5.74, 6) is -2.03. The van der Waals surface area contributed by atoms with Crippen molar-refractivity contribution in [1.82, 2.24) is 0 Å². The minimum Gasteiger partial charge on any atom is -0.421 e. The van der Waals surface area contributed by atoms with Crippen molar-refractivity contribution in [1.29, 1.82) is 0 Å². The second kappa shape index (κ2) is 4.79. The van der Waals surface area contributed by atoms with Crippen LogP contribution in [0.3, 0.4) is 0 Å². The number of hydrogen-bond donors (Lipinski definition) is 0. The zero-order valence-corrected chi connectivity index (χ0v) is 9.35. The number of fused-ring (bicyclic) bond motifs is 1. The van der Waals surface area contributed by atoms with Crippen molar-refractivity contribution in [3.8, 4) is 5.75 Å². The molecule has 2 rings (SSSR count). The molecule has 0 radical (unpaired) electrons. The lowest BCUT2D eigenvalue weighted by Gasteiger charge is -2.04. The van der Waals surface area contributed by atoms with Crippen LogP contribution >= 0.6 is 0 Å². The summed E-state index contributed by atoms with van der Waals surface area (Å²) in [6.07, 6.45) is 0.750. The van der Waals surface area contributed by atoms with Crippen molar-refractivity contribution in [2.24, 2.45) is 0 Å². The molecule has 0 aliphatic heterocycles. The van der Waals surface area contributed by atoms with Crippen LogP contribution in [-0.2, 0) is 4.79 Å². The number of halogens is 1. The van der Waals surface area contributed by atoms with Gasteiger partial charge in [0.25, 0.3) is 0 Å². The van der Waals surface area contributed by atoms with E-state index in [1.54, 1.807) is 30.3 Å². The number of ether oxygens (including phenoxy) is 1. The van der Waals surface area contributed by atoms with Crippen LogP contribution in [0.4, 0.5) is 4.39 Å². The van der Waals surface area contributed by atoms with Crippen molar-refractivity contribution in [3.63, 3.8) is 0 Å². The van der Waals surface area contributed by atoms with Gasteiger partial charge in [0.05, 0.1) is 0 Å². The summed E-state index contributed by atoms with van der Waals surface area (Å²) in [7, 11) is 0. The molecule has 0 fully saturated rings. The Labute approximate surface area is 102 Å². The van der Waals surface area contributed by atoms with Crippen LogP contribution in [0.5, 0.6) is 5.75 Å². The van der Waals surface area contributed by atoms with Gasteiger partial charge >= 0.3 is 5.97 Å². The lowest BCUT2D eigenvalue weighted by molar-refractivity contribution is -0.131. The average molecular weight is 244 g/mol. The summed E-state index contributed by atoms with van der Waals surface area (Å²) >= 11 is 0. The normalized spacial score (nSPS) is 10.1. The summed E-state index contributed by atoms with van der Waals surface area (Å²) in [5.41, 5.74) is 0.560. The molecule has 0 heterocycles. The van der Waals surface area contributed by atoms with Crippen molar-refractivity contribution in [2.75, 3.05) is 0 Å². The largest absolute Gasteiger partial charge is 0.421 e. The molecule has 0 saturated heterocycles. The lowest BCUT2D eigenvalue weighted by Crippen LogP contribution is -2.07. The molecular weight excluding hydrogens is 235 g/mol. The Hall–Kier alpha value is -2.49. The van der Waals surface area contributed by atoms with Crippen LogP contribution in [0.1, 0.15) is 10.4 Å². The summed E-state index contributed by atoms with van der Waals surface area (Å²) in [6, 6.07) is 9.88. The van der Waals surface area contributed by atoms with E-state index in [1.165, 1.54) is 6.07 Å². The fourth-order valence-corrected chi connectivity index (χ4v) is 1.54. The van der Waals surface area contributed by atoms with Crippen LogP contribution in [0.25, 0.3) is 10.8 Å². The summed E-state index contributed by atoms with van der Waals surface area (Å²) in [4.78, 5) is 21.6. The predicted molar refractivity (Wildman–Crippen MR) is 65.2 cm³/mol. The fraction of sp³-hybridized carbons (Fsp3) is 0. The fourth-order valence-electron chi connectivity index (χ4n) is 1.54. The maximum Gasteiger partial charge on any atom is 0.371 e. The highest BCUT2D eigenvalue weighted by molar-refractivity contribution is 5.91. The first-order chi connectivity index (χ1) is 8.60. The maximum absolute atomic E-state index is 12.5. The van der Waals surface area contributed by atoms with E-state index in [0.29, 0.717) is 5.56 Å². The van der Waals surface area contributed by atoms with Crippen molar-refractivity contribution in [2.45, 2.75) is 0 Å². The molecule has 0 unspecified atom stereocenters. The number of aldehydes is 1. The molecule has 2 aromatic rings. The molecule has 0 bridgehead atoms. The van der Waals surface area contributed by atoms with Gasteiger partial charge < -0.3 is 4.74 Å². The molecule has 18 heavy (non-hydrogen) atoms. The number of carbonyl (C=O) groups excluding carboxylic acids is 2. The van der Waals surface area contributed by atoms with Gasteiger partial charge in [0.15, 0.2) is 0 Å². The minimum atomic E-state index is -1.15. The third-order valence-corrected chi connectivity index (χ3v) is 2.40. The molecule has 0 atom stereocenters. The minimum absolute atomic E-state index is 0.227. The Balaban J connectivity index is 2.36. The van der Waals surface area contributed by atoms with Gasteiger partial charge in [0.2, 0.25) is 5.83 Å². The SMILES string of the molecule is C=C(F)C(=O)Oc1ccc2cc(C=O)ccc2c1. The zero-order valence-electron chi connectivity index (χ0n) is 9.35. The zero-order chi connectivity index (χ0) is 13.1. The first kappa shape index (κ1) is 12.0. The van der Waals surface area contributed by atoms with E-state index < -0.39 is 11.8 Å². The van der Waals surface area contributed by atoms with E-state index in [2.05, 4.69) is 6.58 Å². The number of carbonyl (C=O) groups is 2. The van der Waals surface area contributed by atoms with Crippen molar-refractivity contribution >= 4 is 23.0 Å². The summed E-state index contributed by atoms with van der Waals surface area (Å²) < 4.78 is 17.2. The molecule has 0 amide bonds. The molecular formula is C14H9FO3. The number of hydrogen-bond acceptors (Lipinski definition) is 3. The molecule has 0 aliphatic carbocycles. The quantitative estimate of drug-likeness (QED) is 0.361. The van der Waals surface area contributed by atoms with Gasteiger partial charge in [-0.05, 0) is 29.0 Å². The maximum atomic E-state index is 12.5. The van der Waals surface area contributed by atoms with Crippen LogP contribution < -0.4 is 4.74 Å². The van der Waals surface area contributed by atoms with E-state index in [-0.39, 0.29) is 5.75 Å². The van der Waals surface area contributed by atoms with Gasteiger partial charge in [-0.25, -0.2) is 4.79 Å². The summed E-state index contributed by atoms with van der Waals surface area (Å²) in [6.45, 7) is 2.86. The standard InChI is InChI=1S/C14H9FO3/c1-9(15)14(17)18-13-5-4-11-6-10(8-16)2-3-12(11)7-13/h2-8H,1H2. The van der Waals surface area contributed by atoms with E-state index in [9.17, 15) is 14.0 Å². The predicted octanol–water partition coefficient (Wildman–Crippen LogP) is 3.04. The highest BCUT2D eigenvalue weighted by atomic mass is 19.1. The monoisotopic (exact) mass is 244 g/mol. The second-order valence-electron chi connectivity index (χ2n) is 3.68. The van der Waals surface area contributed by atoms with Crippen LogP contribution in [0.15, 0.2) is 48.8 Å². The average Bonchev–Trinajstić information content (AvgIpc) is 2.37. The molecule has 0 aromatic heterocycles. The molecule has 3 nitrogen and oxygen atoms in total. The van der Waals surface area contributed by atoms with Gasteiger partial charge in [-0.2, -0.15) is 4.39 Å². The van der Waals surface area contributed by atoms with Gasteiger partial charge in [-0.15, -0.1) is 0 Å². The number of benzene rings is 2. The van der Waals surface area contributed by atoms with Crippen LogP contribution in [0, 0.1) is 0 Å². The Morgan fingerprint density at radius 1 is 1.17 bits per heavy atom. The lowest BCUT2D eigenvalue weighted by atomic mass is 10.1. The molecule has 0 spiro atoms. The Bertz CT molecular complexity index is 647. The summed E-state index contributed by atoms with van der Waals surface area (Å²) in [5, 5.41) is 1.62. The van der Waals surface area contributed by atoms with Gasteiger partial charge in [0, 0.05) is 5.56 Å². The Kier molecular flexibility index (Phi) is 3.19. The topological polar surface area (TPSA) is 43.4 Å². The first-order valence-electron chi connectivity index (χ1n) is 5.16. The molecule has 90 valence electrons.